The van der Waals surface area contributed by atoms with Crippen molar-refractivity contribution in [2.45, 2.75) is 26.7 Å². The van der Waals surface area contributed by atoms with Crippen LogP contribution in [0.1, 0.15) is 32.4 Å². The van der Waals surface area contributed by atoms with Crippen molar-refractivity contribution in [2.24, 2.45) is 5.41 Å². The van der Waals surface area contributed by atoms with Crippen LogP contribution in [0.15, 0.2) is 22.7 Å². The van der Waals surface area contributed by atoms with Crippen molar-refractivity contribution in [3.63, 3.8) is 0 Å². The van der Waals surface area contributed by atoms with Gasteiger partial charge in [-0.25, -0.2) is 13.8 Å². The second-order valence-corrected chi connectivity index (χ2v) is 6.46. The number of ketones is 1. The zero-order valence-electron chi connectivity index (χ0n) is 12.5. The van der Waals surface area contributed by atoms with Crippen LogP contribution in [0, 0.1) is 17.0 Å². The molecular formula is C16H14F2N2O3. The fraction of sp³-hybridized carbons (Fsp3) is 0.312. The highest BCUT2D eigenvalue weighted by atomic mass is 19.2. The van der Waals surface area contributed by atoms with E-state index in [0.717, 1.165) is 12.1 Å². The fourth-order valence-electron chi connectivity index (χ4n) is 2.81. The van der Waals surface area contributed by atoms with E-state index < -0.39 is 28.4 Å². The molecule has 0 aliphatic heterocycles. The molecular weight excluding hydrogens is 306 g/mol. The molecule has 0 amide bonds. The molecule has 2 aromatic rings. The molecule has 3 rings (SSSR count). The number of carbonyl (C=O) groups is 1. The maximum absolute atomic E-state index is 13.3. The van der Waals surface area contributed by atoms with Crippen LogP contribution in [0.4, 0.5) is 8.78 Å². The van der Waals surface area contributed by atoms with Gasteiger partial charge in [0.25, 0.3) is 5.56 Å². The molecule has 0 atom stereocenters. The average molecular weight is 320 g/mol. The maximum atomic E-state index is 13.3. The number of H-pyrrole nitrogens is 1. The third-order valence-corrected chi connectivity index (χ3v) is 3.82. The van der Waals surface area contributed by atoms with Gasteiger partial charge < -0.3 is 10.1 Å². The average Bonchev–Trinajstić information content (AvgIpc) is 2.39. The predicted molar refractivity (Wildman–Crippen MR) is 79.9 cm³/mol. The number of carbonyl (C=O) groups excluding carboxylic acids is 1. The highest BCUT2D eigenvalue weighted by Crippen LogP contribution is 2.38. The van der Waals surface area contributed by atoms with E-state index in [2.05, 4.69) is 9.97 Å². The van der Waals surface area contributed by atoms with Crippen molar-refractivity contribution in [3.8, 4) is 0 Å². The smallest absolute Gasteiger partial charge is 0.275 e. The maximum Gasteiger partial charge on any atom is 0.275 e. The Morgan fingerprint density at radius 2 is 1.83 bits per heavy atom. The van der Waals surface area contributed by atoms with E-state index >= 15 is 0 Å². The lowest BCUT2D eigenvalue weighted by Crippen LogP contribution is -2.28. The molecule has 23 heavy (non-hydrogen) atoms. The summed E-state index contributed by atoms with van der Waals surface area (Å²) in [7, 11) is 0. The van der Waals surface area contributed by atoms with Gasteiger partial charge in [-0.2, -0.15) is 0 Å². The molecule has 0 unspecified atom stereocenters. The van der Waals surface area contributed by atoms with Crippen LogP contribution in [0.5, 0.6) is 0 Å². The Morgan fingerprint density at radius 1 is 1.17 bits per heavy atom. The van der Waals surface area contributed by atoms with E-state index in [9.17, 15) is 23.5 Å². The molecule has 5 nitrogen and oxygen atoms in total. The molecule has 1 aromatic carbocycles. The molecule has 1 heterocycles. The molecule has 0 fully saturated rings. The first-order valence-corrected chi connectivity index (χ1v) is 7.03. The summed E-state index contributed by atoms with van der Waals surface area (Å²) in [5.74, 6) is -2.84. The second kappa shape index (κ2) is 4.97. The number of benzene rings is 1. The lowest BCUT2D eigenvalue weighted by molar-refractivity contribution is -0.116. The van der Waals surface area contributed by atoms with Crippen LogP contribution in [-0.4, -0.2) is 20.9 Å². The molecule has 0 saturated carbocycles. The number of rotatable bonds is 1. The number of aliphatic hydroxyl groups excluding tert-OH is 1. The number of hydrogen-bond acceptors (Lipinski definition) is 4. The Balaban J connectivity index is 2.24. The van der Waals surface area contributed by atoms with Crippen LogP contribution >= 0.6 is 0 Å². The minimum absolute atomic E-state index is 0.00330. The first-order chi connectivity index (χ1) is 10.7. The third kappa shape index (κ3) is 2.62. The van der Waals surface area contributed by atoms with Crippen molar-refractivity contribution < 1.29 is 18.7 Å². The Bertz CT molecular complexity index is 929. The molecule has 0 bridgehead atoms. The van der Waals surface area contributed by atoms with Gasteiger partial charge in [-0.1, -0.05) is 13.8 Å². The van der Waals surface area contributed by atoms with Crippen LogP contribution in [0.2, 0.25) is 0 Å². The van der Waals surface area contributed by atoms with Gasteiger partial charge in [-0.15, -0.1) is 0 Å². The number of hydrogen-bond donors (Lipinski definition) is 2. The van der Waals surface area contributed by atoms with Crippen molar-refractivity contribution in [1.82, 2.24) is 9.97 Å². The van der Waals surface area contributed by atoms with Gasteiger partial charge in [0.1, 0.15) is 11.5 Å². The fourth-order valence-corrected chi connectivity index (χ4v) is 2.81. The Kier molecular flexibility index (Phi) is 3.31. The van der Waals surface area contributed by atoms with Crippen molar-refractivity contribution in [3.05, 3.63) is 45.6 Å². The van der Waals surface area contributed by atoms with Crippen LogP contribution in [0.25, 0.3) is 16.6 Å². The molecule has 0 spiro atoms. The molecule has 2 N–H and O–H groups in total. The van der Waals surface area contributed by atoms with Crippen molar-refractivity contribution in [1.29, 1.82) is 0 Å². The number of halogens is 2. The number of nitrogens with zero attached hydrogens (tertiary/aromatic N) is 1. The summed E-state index contributed by atoms with van der Waals surface area (Å²) < 4.78 is 26.6. The molecule has 1 aliphatic rings. The zero-order chi connectivity index (χ0) is 16.9. The van der Waals surface area contributed by atoms with Gasteiger partial charge in [-0.05, 0) is 5.41 Å². The lowest BCUT2D eigenvalue weighted by Gasteiger charge is -2.29. The lowest BCUT2D eigenvalue weighted by atomic mass is 9.76. The molecule has 1 aromatic heterocycles. The Labute approximate surface area is 129 Å². The number of Topliss-reactive ketones (excluding diaryl/α,β-unsaturated/α-hetero) is 1. The Hall–Kier alpha value is -2.57. The highest BCUT2D eigenvalue weighted by Gasteiger charge is 2.35. The summed E-state index contributed by atoms with van der Waals surface area (Å²) in [6, 6.07) is 1.65. The quantitative estimate of drug-likeness (QED) is 0.846. The zero-order valence-corrected chi connectivity index (χ0v) is 12.5. The molecule has 120 valence electrons. The van der Waals surface area contributed by atoms with Crippen molar-refractivity contribution in [2.75, 3.05) is 0 Å². The third-order valence-electron chi connectivity index (χ3n) is 3.82. The Morgan fingerprint density at radius 3 is 2.48 bits per heavy atom. The van der Waals surface area contributed by atoms with Gasteiger partial charge in [0.2, 0.25) is 0 Å². The van der Waals surface area contributed by atoms with Gasteiger partial charge in [0.05, 0.1) is 16.6 Å². The number of allylic oxidation sites excluding steroid dienone is 2. The summed E-state index contributed by atoms with van der Waals surface area (Å²) >= 11 is 0. The van der Waals surface area contributed by atoms with Gasteiger partial charge in [0.15, 0.2) is 17.4 Å². The van der Waals surface area contributed by atoms with Crippen molar-refractivity contribution >= 4 is 22.4 Å². The largest absolute Gasteiger partial charge is 0.511 e. The van der Waals surface area contributed by atoms with E-state index in [-0.39, 0.29) is 40.9 Å². The minimum atomic E-state index is -1.11. The topological polar surface area (TPSA) is 83.0 Å². The van der Waals surface area contributed by atoms with E-state index in [1.807, 2.05) is 13.8 Å². The molecule has 0 saturated heterocycles. The summed E-state index contributed by atoms with van der Waals surface area (Å²) in [6.45, 7) is 3.65. The summed E-state index contributed by atoms with van der Waals surface area (Å²) in [5, 5.41) is 10.2. The summed E-state index contributed by atoms with van der Waals surface area (Å²) in [6.07, 6.45) is 0.383. The highest BCUT2D eigenvalue weighted by molar-refractivity contribution is 6.21. The predicted octanol–water partition coefficient (Wildman–Crippen LogP) is 2.86. The van der Waals surface area contributed by atoms with Crippen LogP contribution < -0.4 is 5.56 Å². The van der Waals surface area contributed by atoms with Gasteiger partial charge >= 0.3 is 0 Å². The van der Waals surface area contributed by atoms with Crippen LogP contribution in [0.3, 0.4) is 0 Å². The number of nitrogens with one attached hydrogen (secondary N) is 1. The van der Waals surface area contributed by atoms with Gasteiger partial charge in [0, 0.05) is 25.0 Å². The number of fused-ring (bicyclic) bond motifs is 1. The number of aromatic nitrogens is 2. The van der Waals surface area contributed by atoms with Crippen LogP contribution in [-0.2, 0) is 4.79 Å². The minimum Gasteiger partial charge on any atom is -0.511 e. The molecule has 0 radical (unpaired) electrons. The standard InChI is InChI=1S/C16H14F2N2O3/c1-16(2)5-11(21)13(12(22)6-16)14-15(23)20-10-4-8(18)7(17)3-9(10)19-14/h3-4,21H,5-6H2,1-2H3,(H,20,23). The molecule has 1 aliphatic carbocycles. The SMILES string of the molecule is CC1(C)CC(=O)C(c2nc3cc(F)c(F)cc3[nH]c2=O)=C(O)C1. The van der Waals surface area contributed by atoms with Gasteiger partial charge in [-0.3, -0.25) is 9.59 Å². The first kappa shape index (κ1) is 15.3. The van der Waals surface area contributed by atoms with E-state index in [1.165, 1.54) is 0 Å². The normalized spacial score (nSPS) is 17.8. The second-order valence-electron chi connectivity index (χ2n) is 6.46. The summed E-state index contributed by atoms with van der Waals surface area (Å²) in [5.41, 5.74) is -1.57. The first-order valence-electron chi connectivity index (χ1n) is 7.03. The number of aliphatic hydroxyl groups is 1. The van der Waals surface area contributed by atoms with E-state index in [1.54, 1.807) is 0 Å². The number of aromatic amines is 1. The van der Waals surface area contributed by atoms with E-state index in [0.29, 0.717) is 0 Å². The van der Waals surface area contributed by atoms with E-state index in [4.69, 9.17) is 0 Å². The monoisotopic (exact) mass is 320 g/mol. The summed E-state index contributed by atoms with van der Waals surface area (Å²) in [4.78, 5) is 30.8. The molecule has 7 heteroatoms.